The van der Waals surface area contributed by atoms with Crippen molar-refractivity contribution >= 4 is 0 Å². The minimum atomic E-state index is -0.498. The highest BCUT2D eigenvalue weighted by molar-refractivity contribution is 5.05. The van der Waals surface area contributed by atoms with E-state index in [0.29, 0.717) is 6.54 Å². The molecule has 13 heavy (non-hydrogen) atoms. The number of aromatic nitrogens is 2. The summed E-state index contributed by atoms with van der Waals surface area (Å²) in [6.07, 6.45) is 2.06. The molecule has 0 aliphatic carbocycles. The third-order valence-corrected chi connectivity index (χ3v) is 2.44. The lowest BCUT2D eigenvalue weighted by atomic mass is 9.97. The van der Waals surface area contributed by atoms with E-state index in [0.717, 1.165) is 12.1 Å². The molecule has 2 atom stereocenters. The van der Waals surface area contributed by atoms with Crippen molar-refractivity contribution in [1.29, 1.82) is 0 Å². The summed E-state index contributed by atoms with van der Waals surface area (Å²) < 4.78 is 1.68. The van der Waals surface area contributed by atoms with Gasteiger partial charge in [-0.3, -0.25) is 4.68 Å². The number of hydrogen-bond acceptors (Lipinski definition) is 3. The first kappa shape index (κ1) is 10.2. The van der Waals surface area contributed by atoms with Gasteiger partial charge >= 0.3 is 0 Å². The molecule has 0 bridgehead atoms. The zero-order valence-corrected chi connectivity index (χ0v) is 8.14. The molecular weight excluding hydrogens is 166 g/mol. The van der Waals surface area contributed by atoms with Crippen LogP contribution in [0.2, 0.25) is 0 Å². The molecule has 1 aromatic heterocycles. The van der Waals surface area contributed by atoms with Crippen molar-refractivity contribution in [2.24, 2.45) is 18.7 Å². The van der Waals surface area contributed by atoms with Crippen LogP contribution in [-0.2, 0) is 7.05 Å². The van der Waals surface area contributed by atoms with Gasteiger partial charge in [0.05, 0.1) is 11.8 Å². The Bertz CT molecular complexity index is 255. The molecule has 1 heterocycles. The number of nitrogens with two attached hydrogens (primary N) is 1. The monoisotopic (exact) mass is 183 g/mol. The lowest BCUT2D eigenvalue weighted by Crippen LogP contribution is -2.22. The van der Waals surface area contributed by atoms with Crippen LogP contribution in [0.15, 0.2) is 12.3 Å². The van der Waals surface area contributed by atoms with E-state index in [-0.39, 0.29) is 5.92 Å². The first-order chi connectivity index (χ1) is 6.20. The van der Waals surface area contributed by atoms with E-state index in [2.05, 4.69) is 5.10 Å². The third-order valence-electron chi connectivity index (χ3n) is 2.44. The molecule has 0 amide bonds. The Morgan fingerprint density at radius 1 is 1.69 bits per heavy atom. The Morgan fingerprint density at radius 3 is 2.77 bits per heavy atom. The van der Waals surface area contributed by atoms with Gasteiger partial charge in [-0.05, 0) is 19.0 Å². The summed E-state index contributed by atoms with van der Waals surface area (Å²) in [5, 5.41) is 13.9. The Balaban J connectivity index is 2.77. The summed E-state index contributed by atoms with van der Waals surface area (Å²) in [4.78, 5) is 0. The number of nitrogens with zero attached hydrogens (tertiary/aromatic N) is 2. The molecular formula is C9H17N3O. The molecule has 74 valence electrons. The minimum absolute atomic E-state index is 0.121. The number of aliphatic hydroxyl groups excluding tert-OH is 1. The van der Waals surface area contributed by atoms with Crippen LogP contribution >= 0.6 is 0 Å². The highest BCUT2D eigenvalue weighted by Gasteiger charge is 2.19. The molecule has 4 heteroatoms. The maximum absolute atomic E-state index is 9.91. The fourth-order valence-corrected chi connectivity index (χ4v) is 1.43. The Kier molecular flexibility index (Phi) is 3.45. The second kappa shape index (κ2) is 4.39. The Labute approximate surface area is 78.4 Å². The summed E-state index contributed by atoms with van der Waals surface area (Å²) in [5.41, 5.74) is 6.38. The van der Waals surface area contributed by atoms with Gasteiger partial charge in [0.15, 0.2) is 0 Å². The first-order valence-corrected chi connectivity index (χ1v) is 4.56. The van der Waals surface area contributed by atoms with E-state index in [4.69, 9.17) is 5.73 Å². The van der Waals surface area contributed by atoms with E-state index < -0.39 is 6.10 Å². The van der Waals surface area contributed by atoms with Gasteiger partial charge in [-0.2, -0.15) is 5.10 Å². The van der Waals surface area contributed by atoms with E-state index in [9.17, 15) is 5.11 Å². The van der Waals surface area contributed by atoms with Crippen molar-refractivity contribution in [2.45, 2.75) is 19.4 Å². The lowest BCUT2D eigenvalue weighted by Gasteiger charge is -2.19. The van der Waals surface area contributed by atoms with Crippen LogP contribution in [-0.4, -0.2) is 21.4 Å². The van der Waals surface area contributed by atoms with Gasteiger partial charge in [0.1, 0.15) is 0 Å². The smallest absolute Gasteiger partial charge is 0.0996 e. The molecule has 1 aromatic rings. The van der Waals surface area contributed by atoms with Crippen LogP contribution in [0.25, 0.3) is 0 Å². The first-order valence-electron chi connectivity index (χ1n) is 4.56. The molecule has 3 N–H and O–H groups in total. The molecule has 4 nitrogen and oxygen atoms in total. The highest BCUT2D eigenvalue weighted by Crippen LogP contribution is 2.22. The summed E-state index contributed by atoms with van der Waals surface area (Å²) in [6, 6.07) is 1.82. The Morgan fingerprint density at radius 2 is 2.38 bits per heavy atom. The lowest BCUT2D eigenvalue weighted by molar-refractivity contribution is 0.102. The van der Waals surface area contributed by atoms with Crippen molar-refractivity contribution in [2.75, 3.05) is 6.54 Å². The molecule has 0 saturated heterocycles. The molecule has 0 aliphatic heterocycles. The van der Waals surface area contributed by atoms with E-state index in [1.807, 2.05) is 20.0 Å². The quantitative estimate of drug-likeness (QED) is 0.712. The normalized spacial score (nSPS) is 15.7. The van der Waals surface area contributed by atoms with E-state index in [1.54, 1.807) is 10.9 Å². The van der Waals surface area contributed by atoms with E-state index in [1.165, 1.54) is 0 Å². The van der Waals surface area contributed by atoms with Gasteiger partial charge < -0.3 is 10.8 Å². The number of hydrogen-bond donors (Lipinski definition) is 2. The summed E-state index contributed by atoms with van der Waals surface area (Å²) >= 11 is 0. The molecule has 0 aromatic carbocycles. The predicted molar refractivity (Wildman–Crippen MR) is 51.0 cm³/mol. The second-order valence-corrected chi connectivity index (χ2v) is 3.23. The second-order valence-electron chi connectivity index (χ2n) is 3.23. The van der Waals surface area contributed by atoms with Crippen LogP contribution in [0.1, 0.15) is 25.1 Å². The molecule has 0 saturated carbocycles. The zero-order chi connectivity index (χ0) is 9.84. The van der Waals surface area contributed by atoms with Crippen molar-refractivity contribution in [3.8, 4) is 0 Å². The summed E-state index contributed by atoms with van der Waals surface area (Å²) in [5.74, 6) is 0.121. The van der Waals surface area contributed by atoms with Gasteiger partial charge in [-0.25, -0.2) is 0 Å². The van der Waals surface area contributed by atoms with Crippen LogP contribution in [0.5, 0.6) is 0 Å². The average molecular weight is 183 g/mol. The standard InChI is InChI=1S/C9H17N3O/c1-3-7(6-10)9(13)8-4-5-11-12(8)2/h4-5,7,9,13H,3,6,10H2,1-2H3. The average Bonchev–Trinajstić information content (AvgIpc) is 2.53. The third kappa shape index (κ3) is 2.08. The minimum Gasteiger partial charge on any atom is -0.386 e. The van der Waals surface area contributed by atoms with E-state index >= 15 is 0 Å². The van der Waals surface area contributed by atoms with Crippen molar-refractivity contribution in [3.63, 3.8) is 0 Å². The number of aryl methyl sites for hydroxylation is 1. The van der Waals surface area contributed by atoms with Gasteiger partial charge in [0, 0.05) is 19.2 Å². The largest absolute Gasteiger partial charge is 0.386 e. The summed E-state index contributed by atoms with van der Waals surface area (Å²) in [7, 11) is 1.82. The van der Waals surface area contributed by atoms with Crippen molar-refractivity contribution < 1.29 is 5.11 Å². The van der Waals surface area contributed by atoms with Crippen LogP contribution in [0.3, 0.4) is 0 Å². The topological polar surface area (TPSA) is 64.1 Å². The van der Waals surface area contributed by atoms with Gasteiger partial charge in [0.2, 0.25) is 0 Å². The van der Waals surface area contributed by atoms with Gasteiger partial charge in [-0.1, -0.05) is 6.92 Å². The molecule has 0 aliphatic rings. The molecule has 0 spiro atoms. The molecule has 0 fully saturated rings. The van der Waals surface area contributed by atoms with Crippen molar-refractivity contribution in [1.82, 2.24) is 9.78 Å². The molecule has 1 rings (SSSR count). The summed E-state index contributed by atoms with van der Waals surface area (Å²) in [6.45, 7) is 2.53. The Hall–Kier alpha value is -0.870. The zero-order valence-electron chi connectivity index (χ0n) is 8.14. The maximum Gasteiger partial charge on any atom is 0.0996 e. The van der Waals surface area contributed by atoms with Crippen LogP contribution in [0.4, 0.5) is 0 Å². The van der Waals surface area contributed by atoms with Crippen molar-refractivity contribution in [3.05, 3.63) is 18.0 Å². The van der Waals surface area contributed by atoms with Gasteiger partial charge in [0.25, 0.3) is 0 Å². The number of aliphatic hydroxyl groups is 1. The molecule has 0 radical (unpaired) electrons. The predicted octanol–water partition coefficient (Wildman–Crippen LogP) is 0.438. The fourth-order valence-electron chi connectivity index (χ4n) is 1.43. The highest BCUT2D eigenvalue weighted by atomic mass is 16.3. The fraction of sp³-hybridized carbons (Fsp3) is 0.667. The maximum atomic E-state index is 9.91. The molecule has 2 unspecified atom stereocenters. The number of rotatable bonds is 4. The van der Waals surface area contributed by atoms with Crippen LogP contribution in [0, 0.1) is 5.92 Å². The SMILES string of the molecule is CCC(CN)C(O)c1ccnn1C. The van der Waals surface area contributed by atoms with Crippen LogP contribution < -0.4 is 5.73 Å². The van der Waals surface area contributed by atoms with Gasteiger partial charge in [-0.15, -0.1) is 0 Å².